The zero-order chi connectivity index (χ0) is 23.4. The fraction of sp³-hybridized carbons (Fsp3) is 0.583. The van der Waals surface area contributed by atoms with Gasteiger partial charge in [-0.05, 0) is 68.2 Å². The molecule has 176 valence electrons. The number of hydrogen-bond donors (Lipinski definition) is 0. The third kappa shape index (κ3) is 3.89. The van der Waals surface area contributed by atoms with Gasteiger partial charge in [0, 0.05) is 21.3 Å². The maximum Gasteiger partial charge on any atom is 0.309 e. The van der Waals surface area contributed by atoms with Crippen LogP contribution in [0.2, 0.25) is 0 Å². The van der Waals surface area contributed by atoms with Crippen LogP contribution >= 0.6 is 31.9 Å². The third-order valence-corrected chi connectivity index (χ3v) is 11.1. The van der Waals surface area contributed by atoms with Gasteiger partial charge >= 0.3 is 5.97 Å². The molecule has 6 nitrogen and oxygen atoms in total. The van der Waals surface area contributed by atoms with E-state index >= 15 is 0 Å². The number of nitrogens with zero attached hydrogens (tertiary/aromatic N) is 1. The van der Waals surface area contributed by atoms with E-state index in [2.05, 4.69) is 31.9 Å². The Balaban J connectivity index is 1.15. The van der Waals surface area contributed by atoms with E-state index in [-0.39, 0.29) is 75.1 Å². The van der Waals surface area contributed by atoms with Crippen LogP contribution in [0.5, 0.6) is 0 Å². The molecule has 1 aromatic rings. The van der Waals surface area contributed by atoms with Crippen molar-refractivity contribution in [2.24, 2.45) is 29.6 Å². The van der Waals surface area contributed by atoms with Crippen LogP contribution in [0.15, 0.2) is 24.3 Å². The van der Waals surface area contributed by atoms with Gasteiger partial charge in [0.1, 0.15) is 5.82 Å². The first kappa shape index (κ1) is 23.1. The summed E-state index contributed by atoms with van der Waals surface area (Å²) in [5.74, 6) is -1.78. The first-order valence-electron chi connectivity index (χ1n) is 11.4. The summed E-state index contributed by atoms with van der Waals surface area (Å²) in [6, 6.07) is 4.91. The number of hydrogen-bond acceptors (Lipinski definition) is 5. The van der Waals surface area contributed by atoms with Gasteiger partial charge in [0.05, 0.1) is 17.8 Å². The molecule has 0 spiro atoms. The average Bonchev–Trinajstić information content (AvgIpc) is 3.42. The topological polar surface area (TPSA) is 80.8 Å². The van der Waals surface area contributed by atoms with Crippen molar-refractivity contribution in [3.8, 4) is 0 Å². The molecule has 0 N–H and O–H groups in total. The molecule has 4 fully saturated rings. The predicted octanol–water partition coefficient (Wildman–Crippen LogP) is 3.89. The second-order valence-corrected chi connectivity index (χ2v) is 11.7. The van der Waals surface area contributed by atoms with Crippen LogP contribution in [0.3, 0.4) is 0 Å². The molecule has 4 aliphatic rings. The number of benzene rings is 1. The highest BCUT2D eigenvalue weighted by Crippen LogP contribution is 2.60. The SMILES string of the molecule is O=C(COC(=O)C1CCC(N2C(=O)C3C4CC(C(Br)C4Br)C3C2=O)CC1)c1ccc(F)cc1. The minimum Gasteiger partial charge on any atom is -0.457 e. The Labute approximate surface area is 207 Å². The van der Waals surface area contributed by atoms with E-state index in [1.807, 2.05) is 0 Å². The number of carbonyl (C=O) groups is 4. The van der Waals surface area contributed by atoms with Crippen LogP contribution in [-0.2, 0) is 19.1 Å². The first-order valence-corrected chi connectivity index (χ1v) is 13.2. The number of rotatable bonds is 5. The minimum absolute atomic E-state index is 0.0442. The Bertz CT molecular complexity index is 961. The van der Waals surface area contributed by atoms with Crippen molar-refractivity contribution in [2.75, 3.05) is 6.61 Å². The zero-order valence-electron chi connectivity index (χ0n) is 17.8. The molecular weight excluding hydrogens is 561 g/mol. The second-order valence-electron chi connectivity index (χ2n) is 9.59. The summed E-state index contributed by atoms with van der Waals surface area (Å²) in [7, 11) is 0. The van der Waals surface area contributed by atoms with E-state index in [9.17, 15) is 23.6 Å². The van der Waals surface area contributed by atoms with Crippen molar-refractivity contribution in [3.05, 3.63) is 35.6 Å². The van der Waals surface area contributed by atoms with E-state index in [0.717, 1.165) is 6.42 Å². The fourth-order valence-corrected chi connectivity index (χ4v) is 8.15. The summed E-state index contributed by atoms with van der Waals surface area (Å²) in [6.07, 6.45) is 3.05. The maximum absolute atomic E-state index is 13.2. The van der Waals surface area contributed by atoms with Crippen LogP contribution in [0.1, 0.15) is 42.5 Å². The van der Waals surface area contributed by atoms with Gasteiger partial charge in [0.2, 0.25) is 11.8 Å². The number of fused-ring (bicyclic) bond motifs is 5. The molecule has 1 heterocycles. The normalized spacial score (nSPS) is 37.4. The van der Waals surface area contributed by atoms with Crippen molar-refractivity contribution in [2.45, 2.75) is 47.8 Å². The standard InChI is InChI=1S/C24H24Br2FNO5/c25-20-15-9-16(21(20)26)19-18(15)22(30)28(23(19)31)14-7-3-12(4-8-14)24(32)33-10-17(29)11-1-5-13(27)6-2-11/h1-2,5-6,12,14-16,18-21H,3-4,7-10H2. The first-order chi connectivity index (χ1) is 15.8. The Morgan fingerprint density at radius 3 is 2.03 bits per heavy atom. The van der Waals surface area contributed by atoms with E-state index in [1.54, 1.807) is 0 Å². The molecule has 6 unspecified atom stereocenters. The molecule has 1 saturated heterocycles. The lowest BCUT2D eigenvalue weighted by Crippen LogP contribution is -2.44. The molecule has 0 radical (unpaired) electrons. The number of likely N-dealkylation sites (tertiary alicyclic amines) is 1. The number of carbonyl (C=O) groups excluding carboxylic acids is 4. The fourth-order valence-electron chi connectivity index (χ4n) is 6.28. The largest absolute Gasteiger partial charge is 0.457 e. The highest BCUT2D eigenvalue weighted by molar-refractivity contribution is 9.12. The maximum atomic E-state index is 13.2. The molecule has 3 aliphatic carbocycles. The quantitative estimate of drug-likeness (QED) is 0.227. The van der Waals surface area contributed by atoms with Crippen molar-refractivity contribution >= 4 is 55.4 Å². The molecule has 0 aromatic heterocycles. The Morgan fingerprint density at radius 1 is 0.939 bits per heavy atom. The van der Waals surface area contributed by atoms with Crippen LogP contribution in [0.25, 0.3) is 0 Å². The lowest BCUT2D eigenvalue weighted by atomic mass is 9.81. The molecule has 5 rings (SSSR count). The van der Waals surface area contributed by atoms with Gasteiger partial charge in [0.15, 0.2) is 12.4 Å². The summed E-state index contributed by atoms with van der Waals surface area (Å²) in [5, 5.41) is 0. The van der Waals surface area contributed by atoms with Crippen molar-refractivity contribution in [1.82, 2.24) is 4.90 Å². The van der Waals surface area contributed by atoms with Crippen LogP contribution < -0.4 is 0 Å². The number of alkyl halides is 2. The lowest BCUT2D eigenvalue weighted by molar-refractivity contribution is -0.149. The molecule has 1 aliphatic heterocycles. The highest BCUT2D eigenvalue weighted by atomic mass is 79.9. The van der Waals surface area contributed by atoms with E-state index in [1.165, 1.54) is 29.2 Å². The number of ether oxygens (including phenoxy) is 1. The van der Waals surface area contributed by atoms with Gasteiger partial charge in [-0.25, -0.2) is 4.39 Å². The minimum atomic E-state index is -0.442. The van der Waals surface area contributed by atoms with Gasteiger partial charge in [-0.3, -0.25) is 24.1 Å². The monoisotopic (exact) mass is 583 g/mol. The number of Topliss-reactive ketones (excluding diaryl/α,β-unsaturated/α-hetero) is 1. The summed E-state index contributed by atoms with van der Waals surface area (Å²) in [5.41, 5.74) is 0.287. The Morgan fingerprint density at radius 2 is 1.48 bits per heavy atom. The summed E-state index contributed by atoms with van der Waals surface area (Å²) in [4.78, 5) is 53.0. The molecule has 3 saturated carbocycles. The van der Waals surface area contributed by atoms with Crippen molar-refractivity contribution < 1.29 is 28.3 Å². The predicted molar refractivity (Wildman–Crippen MR) is 123 cm³/mol. The van der Waals surface area contributed by atoms with Crippen LogP contribution in [0.4, 0.5) is 4.39 Å². The third-order valence-electron chi connectivity index (χ3n) is 7.93. The molecule has 2 bridgehead atoms. The average molecular weight is 585 g/mol. The van der Waals surface area contributed by atoms with Gasteiger partial charge in [-0.15, -0.1) is 0 Å². The molecule has 33 heavy (non-hydrogen) atoms. The molecule has 6 atom stereocenters. The number of ketones is 1. The zero-order valence-corrected chi connectivity index (χ0v) is 21.0. The van der Waals surface area contributed by atoms with Gasteiger partial charge in [-0.1, -0.05) is 31.9 Å². The van der Waals surface area contributed by atoms with E-state index in [4.69, 9.17) is 4.74 Å². The molecule has 1 aromatic carbocycles. The molecule has 2 amide bonds. The number of imide groups is 1. The number of amides is 2. The van der Waals surface area contributed by atoms with Crippen molar-refractivity contribution in [3.63, 3.8) is 0 Å². The van der Waals surface area contributed by atoms with Gasteiger partial charge in [0.25, 0.3) is 0 Å². The van der Waals surface area contributed by atoms with E-state index in [0.29, 0.717) is 25.7 Å². The summed E-state index contributed by atoms with van der Waals surface area (Å²) in [6.45, 7) is -0.388. The molecule has 9 heteroatoms. The summed E-state index contributed by atoms with van der Waals surface area (Å²) >= 11 is 7.41. The second kappa shape index (κ2) is 8.87. The van der Waals surface area contributed by atoms with Crippen molar-refractivity contribution in [1.29, 1.82) is 0 Å². The smallest absolute Gasteiger partial charge is 0.309 e. The molecular formula is C24H24Br2FNO5. The van der Waals surface area contributed by atoms with Gasteiger partial charge < -0.3 is 4.74 Å². The summed E-state index contributed by atoms with van der Waals surface area (Å²) < 4.78 is 18.2. The Kier molecular flexibility index (Phi) is 6.22. The number of halogens is 3. The van der Waals surface area contributed by atoms with Crippen LogP contribution in [0, 0.1) is 35.4 Å². The van der Waals surface area contributed by atoms with Gasteiger partial charge in [-0.2, -0.15) is 0 Å². The Hall–Kier alpha value is -1.61. The lowest BCUT2D eigenvalue weighted by Gasteiger charge is -2.33. The highest BCUT2D eigenvalue weighted by Gasteiger charge is 2.67. The number of esters is 1. The van der Waals surface area contributed by atoms with Crippen LogP contribution in [-0.4, -0.2) is 50.8 Å². The van der Waals surface area contributed by atoms with E-state index < -0.39 is 11.8 Å².